The number of para-hydroxylation sites is 1. The van der Waals surface area contributed by atoms with Crippen molar-refractivity contribution in [3.05, 3.63) is 65.2 Å². The van der Waals surface area contributed by atoms with Crippen molar-refractivity contribution < 1.29 is 9.31 Å². The van der Waals surface area contributed by atoms with Gasteiger partial charge in [-0.25, -0.2) is 19.3 Å². The lowest BCUT2D eigenvalue weighted by Crippen LogP contribution is -2.47. The van der Waals surface area contributed by atoms with Gasteiger partial charge in [0.05, 0.1) is 16.9 Å². The van der Waals surface area contributed by atoms with E-state index in [0.29, 0.717) is 38.4 Å². The lowest BCUT2D eigenvalue weighted by atomic mass is 10.2. The first-order chi connectivity index (χ1) is 15.1. The molecule has 0 amide bonds. The van der Waals surface area contributed by atoms with Crippen LogP contribution < -0.4 is 15.1 Å². The zero-order valence-corrected chi connectivity index (χ0v) is 16.9. The average Bonchev–Trinajstić information content (AvgIpc) is 3.30. The Bertz CT molecular complexity index is 1020. The van der Waals surface area contributed by atoms with Crippen LogP contribution in [-0.2, 0) is 6.54 Å². The van der Waals surface area contributed by atoms with Crippen molar-refractivity contribution in [1.29, 1.82) is 0 Å². The predicted molar refractivity (Wildman–Crippen MR) is 115 cm³/mol. The van der Waals surface area contributed by atoms with Crippen molar-refractivity contribution in [3.8, 4) is 0 Å². The molecule has 4 rings (SSSR count). The van der Waals surface area contributed by atoms with Gasteiger partial charge in [0.1, 0.15) is 12.1 Å². The molecular weight excluding hydrogens is 403 g/mol. The number of aromatic nitrogens is 4. The first-order valence-electron chi connectivity index (χ1n) is 10.1. The van der Waals surface area contributed by atoms with E-state index in [2.05, 4.69) is 20.3 Å². The first-order valence-corrected chi connectivity index (χ1v) is 10.1. The maximum atomic E-state index is 14.1. The van der Waals surface area contributed by atoms with Crippen molar-refractivity contribution in [2.75, 3.05) is 47.8 Å². The van der Waals surface area contributed by atoms with E-state index >= 15 is 0 Å². The van der Waals surface area contributed by atoms with Gasteiger partial charge in [-0.05, 0) is 18.6 Å². The highest BCUT2D eigenvalue weighted by molar-refractivity contribution is 5.70. The lowest BCUT2D eigenvalue weighted by Gasteiger charge is -2.36. The van der Waals surface area contributed by atoms with Crippen molar-refractivity contribution in [2.45, 2.75) is 13.0 Å². The number of rotatable bonds is 8. The molecule has 10 nitrogen and oxygen atoms in total. The Morgan fingerprint density at radius 1 is 1.13 bits per heavy atom. The standard InChI is InChI=1S/C20H23FN8O2/c21-16-4-1-2-5-17(16)27-10-12-28(13-11-27)20-18(29(30)31)19(24-14-25-20)23-6-3-8-26-9-7-22-15-26/h1-2,4-5,7,9,14-15H,3,6,8,10-13H2,(H,23,24,25). The van der Waals surface area contributed by atoms with E-state index in [0.717, 1.165) is 13.0 Å². The summed E-state index contributed by atoms with van der Waals surface area (Å²) >= 11 is 0. The highest BCUT2D eigenvalue weighted by atomic mass is 19.1. The van der Waals surface area contributed by atoms with Crippen LogP contribution in [0.25, 0.3) is 0 Å². The molecule has 0 radical (unpaired) electrons. The summed E-state index contributed by atoms with van der Waals surface area (Å²) in [6.45, 7) is 3.33. The number of nitrogens with zero attached hydrogens (tertiary/aromatic N) is 7. The Morgan fingerprint density at radius 2 is 1.90 bits per heavy atom. The summed E-state index contributed by atoms with van der Waals surface area (Å²) in [5.74, 6) is 0.216. The summed E-state index contributed by atoms with van der Waals surface area (Å²) in [4.78, 5) is 27.5. The molecular formula is C20H23FN8O2. The topological polar surface area (TPSA) is 105 Å². The number of nitro groups is 1. The van der Waals surface area contributed by atoms with E-state index in [9.17, 15) is 14.5 Å². The summed E-state index contributed by atoms with van der Waals surface area (Å²) < 4.78 is 16.0. The van der Waals surface area contributed by atoms with Gasteiger partial charge in [0.25, 0.3) is 0 Å². The third-order valence-corrected chi connectivity index (χ3v) is 5.20. The fourth-order valence-corrected chi connectivity index (χ4v) is 3.65. The van der Waals surface area contributed by atoms with Gasteiger partial charge in [-0.15, -0.1) is 0 Å². The van der Waals surface area contributed by atoms with Crippen LogP contribution in [0.4, 0.5) is 27.4 Å². The van der Waals surface area contributed by atoms with Crippen LogP contribution >= 0.6 is 0 Å². The van der Waals surface area contributed by atoms with Gasteiger partial charge >= 0.3 is 5.69 Å². The molecule has 31 heavy (non-hydrogen) atoms. The minimum atomic E-state index is -0.448. The molecule has 3 aromatic rings. The van der Waals surface area contributed by atoms with Crippen LogP contribution in [0.2, 0.25) is 0 Å². The minimum absolute atomic E-state index is 0.135. The third kappa shape index (κ3) is 4.71. The number of halogens is 1. The van der Waals surface area contributed by atoms with Gasteiger partial charge < -0.3 is 19.7 Å². The zero-order chi connectivity index (χ0) is 21.6. The van der Waals surface area contributed by atoms with Gasteiger partial charge in [-0.1, -0.05) is 12.1 Å². The maximum Gasteiger partial charge on any atom is 0.353 e. The van der Waals surface area contributed by atoms with Crippen LogP contribution in [0.15, 0.2) is 49.3 Å². The van der Waals surface area contributed by atoms with Crippen LogP contribution in [0.3, 0.4) is 0 Å². The van der Waals surface area contributed by atoms with E-state index in [1.165, 1.54) is 12.4 Å². The molecule has 0 spiro atoms. The molecule has 0 saturated carbocycles. The van der Waals surface area contributed by atoms with E-state index in [4.69, 9.17) is 0 Å². The van der Waals surface area contributed by atoms with Crippen molar-refractivity contribution >= 4 is 23.0 Å². The molecule has 1 aliphatic heterocycles. The largest absolute Gasteiger partial charge is 0.366 e. The minimum Gasteiger partial charge on any atom is -0.366 e. The molecule has 0 bridgehead atoms. The molecule has 0 atom stereocenters. The summed E-state index contributed by atoms with van der Waals surface area (Å²) in [5.41, 5.74) is 0.407. The van der Waals surface area contributed by atoms with Gasteiger partial charge in [0, 0.05) is 51.7 Å². The number of aryl methyl sites for hydroxylation is 1. The molecule has 1 fully saturated rings. The Balaban J connectivity index is 1.43. The predicted octanol–water partition coefficient (Wildman–Crippen LogP) is 2.55. The number of piperazine rings is 1. The molecule has 2 aromatic heterocycles. The highest BCUT2D eigenvalue weighted by Crippen LogP contribution is 2.33. The van der Waals surface area contributed by atoms with Crippen molar-refractivity contribution in [3.63, 3.8) is 0 Å². The highest BCUT2D eigenvalue weighted by Gasteiger charge is 2.29. The van der Waals surface area contributed by atoms with Gasteiger partial charge in [-0.3, -0.25) is 10.1 Å². The molecule has 1 aromatic carbocycles. The second kappa shape index (κ2) is 9.37. The van der Waals surface area contributed by atoms with Crippen LogP contribution in [-0.4, -0.2) is 57.2 Å². The molecule has 1 saturated heterocycles. The smallest absolute Gasteiger partial charge is 0.353 e. The summed E-state index contributed by atoms with van der Waals surface area (Å²) in [5, 5.41) is 14.9. The Hall–Kier alpha value is -3.76. The van der Waals surface area contributed by atoms with Gasteiger partial charge in [0.2, 0.25) is 11.6 Å². The third-order valence-electron chi connectivity index (χ3n) is 5.20. The van der Waals surface area contributed by atoms with E-state index in [1.807, 2.05) is 20.6 Å². The molecule has 11 heteroatoms. The zero-order valence-electron chi connectivity index (χ0n) is 16.9. The Morgan fingerprint density at radius 3 is 2.61 bits per heavy atom. The number of nitrogens with one attached hydrogen (secondary N) is 1. The molecule has 162 valence electrons. The quantitative estimate of drug-likeness (QED) is 0.333. The average molecular weight is 426 g/mol. The molecule has 0 unspecified atom stereocenters. The van der Waals surface area contributed by atoms with E-state index < -0.39 is 4.92 Å². The lowest BCUT2D eigenvalue weighted by molar-refractivity contribution is -0.383. The number of hydrogen-bond acceptors (Lipinski definition) is 8. The molecule has 1 N–H and O–H groups in total. The monoisotopic (exact) mass is 426 g/mol. The maximum absolute atomic E-state index is 14.1. The fraction of sp³-hybridized carbons (Fsp3) is 0.350. The Labute approximate surface area is 178 Å². The fourth-order valence-electron chi connectivity index (χ4n) is 3.65. The SMILES string of the molecule is O=[N+]([O-])c1c(NCCCn2ccnc2)ncnc1N1CCN(c2ccccc2F)CC1. The van der Waals surface area contributed by atoms with Crippen LogP contribution in [0.5, 0.6) is 0 Å². The molecule has 1 aliphatic rings. The number of anilines is 3. The van der Waals surface area contributed by atoms with Gasteiger partial charge in [0.15, 0.2) is 0 Å². The van der Waals surface area contributed by atoms with Crippen LogP contribution in [0, 0.1) is 15.9 Å². The van der Waals surface area contributed by atoms with Gasteiger partial charge in [-0.2, -0.15) is 0 Å². The molecule has 3 heterocycles. The van der Waals surface area contributed by atoms with E-state index in [1.54, 1.807) is 30.7 Å². The van der Waals surface area contributed by atoms with Crippen molar-refractivity contribution in [2.24, 2.45) is 0 Å². The Kier molecular flexibility index (Phi) is 6.20. The van der Waals surface area contributed by atoms with E-state index in [-0.39, 0.29) is 23.1 Å². The number of benzene rings is 1. The summed E-state index contributed by atoms with van der Waals surface area (Å²) in [6, 6.07) is 6.62. The number of hydrogen-bond donors (Lipinski definition) is 1. The van der Waals surface area contributed by atoms with Crippen molar-refractivity contribution in [1.82, 2.24) is 19.5 Å². The molecule has 0 aliphatic carbocycles. The second-order valence-electron chi connectivity index (χ2n) is 7.16. The number of imidazole rings is 1. The summed E-state index contributed by atoms with van der Waals surface area (Å²) in [6.07, 6.45) is 7.40. The van der Waals surface area contributed by atoms with Crippen LogP contribution in [0.1, 0.15) is 6.42 Å². The second-order valence-corrected chi connectivity index (χ2v) is 7.16. The summed E-state index contributed by atoms with van der Waals surface area (Å²) in [7, 11) is 0. The first kappa shape index (κ1) is 20.5. The normalized spacial score (nSPS) is 14.0.